The summed E-state index contributed by atoms with van der Waals surface area (Å²) in [4.78, 5) is 10.2. The molecule has 0 heterocycles. The third kappa shape index (κ3) is 5.74. The van der Waals surface area contributed by atoms with Gasteiger partial charge in [-0.2, -0.15) is 13.2 Å². The maximum atomic E-state index is 11.8. The Bertz CT molecular complexity index is 467. The zero-order chi connectivity index (χ0) is 15.2. The molecule has 0 amide bonds. The number of nitrogens with zero attached hydrogens (tertiary/aromatic N) is 1. The maximum Gasteiger partial charge on any atom is 0.411 e. The first kappa shape index (κ1) is 16.7. The van der Waals surface area contributed by atoms with Gasteiger partial charge in [-0.1, -0.05) is 22.0 Å². The van der Waals surface area contributed by atoms with Crippen LogP contribution in [0, 0.1) is 10.1 Å². The second-order valence-corrected chi connectivity index (χ2v) is 4.27. The van der Waals surface area contributed by atoms with Gasteiger partial charge >= 0.3 is 11.9 Å². The minimum Gasteiger partial charge on any atom is -0.484 e. The van der Waals surface area contributed by atoms with Gasteiger partial charge in [-0.25, -0.2) is 0 Å². The molecule has 112 valence electrons. The Morgan fingerprint density at radius 1 is 1.30 bits per heavy atom. The van der Waals surface area contributed by atoms with Crippen LogP contribution >= 0.6 is 15.9 Å². The van der Waals surface area contributed by atoms with Gasteiger partial charge in [-0.05, 0) is 11.6 Å². The van der Waals surface area contributed by atoms with Gasteiger partial charge in [0.25, 0.3) is 0 Å². The molecule has 0 saturated carbocycles. The number of rotatable bonds is 7. The second kappa shape index (κ2) is 7.44. The molecule has 1 rings (SSSR count). The van der Waals surface area contributed by atoms with Crippen molar-refractivity contribution < 1.29 is 27.6 Å². The zero-order valence-electron chi connectivity index (χ0n) is 10.2. The van der Waals surface area contributed by atoms with Crippen molar-refractivity contribution in [1.82, 2.24) is 0 Å². The monoisotopic (exact) mass is 357 g/mol. The van der Waals surface area contributed by atoms with E-state index < -0.39 is 17.7 Å². The average Bonchev–Trinajstić information content (AvgIpc) is 2.36. The number of ether oxygens (including phenoxy) is 2. The molecule has 0 aliphatic heterocycles. The number of alkyl halides is 4. The van der Waals surface area contributed by atoms with Gasteiger partial charge in [0.2, 0.25) is 0 Å². The van der Waals surface area contributed by atoms with E-state index in [0.717, 1.165) is 5.56 Å². The minimum atomic E-state index is -4.40. The molecule has 0 saturated heterocycles. The highest BCUT2D eigenvalue weighted by Crippen LogP contribution is 2.28. The first-order valence-electron chi connectivity index (χ1n) is 5.44. The van der Waals surface area contributed by atoms with Gasteiger partial charge in [-0.3, -0.25) is 10.1 Å². The Labute approximate surface area is 121 Å². The van der Waals surface area contributed by atoms with Crippen molar-refractivity contribution in [3.63, 3.8) is 0 Å². The predicted molar refractivity (Wildman–Crippen MR) is 68.1 cm³/mol. The minimum absolute atomic E-state index is 0.00237. The average molecular weight is 358 g/mol. The van der Waals surface area contributed by atoms with E-state index in [-0.39, 0.29) is 24.7 Å². The second-order valence-electron chi connectivity index (χ2n) is 3.71. The molecule has 9 heteroatoms. The van der Waals surface area contributed by atoms with Gasteiger partial charge < -0.3 is 9.47 Å². The molecule has 0 unspecified atom stereocenters. The molecular weight excluding hydrogens is 347 g/mol. The predicted octanol–water partition coefficient (Wildman–Crippen LogP) is 3.45. The summed E-state index contributed by atoms with van der Waals surface area (Å²) in [6.45, 7) is -1.89. The normalized spacial score (nSPS) is 11.4. The van der Waals surface area contributed by atoms with Crippen LogP contribution in [-0.2, 0) is 10.1 Å². The van der Waals surface area contributed by atoms with Crippen LogP contribution in [0.25, 0.3) is 0 Å². The highest BCUT2D eigenvalue weighted by molar-refractivity contribution is 9.08. The molecule has 1 aromatic carbocycles. The number of hydrogen-bond donors (Lipinski definition) is 0. The van der Waals surface area contributed by atoms with Gasteiger partial charge in [0.05, 0.1) is 11.5 Å². The molecule has 0 spiro atoms. The van der Waals surface area contributed by atoms with Crippen molar-refractivity contribution in [3.05, 3.63) is 33.9 Å². The van der Waals surface area contributed by atoms with Crippen LogP contribution in [0.15, 0.2) is 18.2 Å². The third-order valence-electron chi connectivity index (χ3n) is 2.13. The molecule has 0 aliphatic rings. The van der Waals surface area contributed by atoms with E-state index in [9.17, 15) is 23.3 Å². The fourth-order valence-electron chi connectivity index (χ4n) is 1.31. The van der Waals surface area contributed by atoms with Crippen LogP contribution in [0.5, 0.6) is 5.75 Å². The van der Waals surface area contributed by atoms with E-state index >= 15 is 0 Å². The van der Waals surface area contributed by atoms with Crippen LogP contribution in [0.4, 0.5) is 18.9 Å². The summed E-state index contributed by atoms with van der Waals surface area (Å²) in [6.07, 6.45) is -4.40. The first-order chi connectivity index (χ1) is 9.33. The van der Waals surface area contributed by atoms with E-state index in [2.05, 4.69) is 20.7 Å². The van der Waals surface area contributed by atoms with Crippen molar-refractivity contribution in [2.75, 3.05) is 19.8 Å². The Morgan fingerprint density at radius 2 is 2.00 bits per heavy atom. The van der Waals surface area contributed by atoms with Crippen LogP contribution in [0.1, 0.15) is 5.56 Å². The molecule has 1 aromatic rings. The van der Waals surface area contributed by atoms with Gasteiger partial charge in [0.1, 0.15) is 13.2 Å². The van der Waals surface area contributed by atoms with Crippen LogP contribution in [-0.4, -0.2) is 30.9 Å². The summed E-state index contributed by atoms with van der Waals surface area (Å²) in [5.74, 6) is 0.00237. The van der Waals surface area contributed by atoms with E-state index in [1.165, 1.54) is 12.1 Å². The Hall–Kier alpha value is -1.35. The zero-order valence-corrected chi connectivity index (χ0v) is 11.7. The smallest absolute Gasteiger partial charge is 0.411 e. The molecule has 20 heavy (non-hydrogen) atoms. The largest absolute Gasteiger partial charge is 0.484 e. The van der Waals surface area contributed by atoms with Gasteiger partial charge in [0, 0.05) is 11.4 Å². The summed E-state index contributed by atoms with van der Waals surface area (Å²) < 4.78 is 44.9. The maximum absolute atomic E-state index is 11.8. The summed E-state index contributed by atoms with van der Waals surface area (Å²) in [5, 5.41) is 11.3. The summed E-state index contributed by atoms with van der Waals surface area (Å²) >= 11 is 3.19. The summed E-state index contributed by atoms with van der Waals surface area (Å²) in [6, 6.07) is 4.29. The van der Waals surface area contributed by atoms with Crippen LogP contribution < -0.4 is 4.74 Å². The lowest BCUT2D eigenvalue weighted by Crippen LogP contribution is -2.19. The van der Waals surface area contributed by atoms with E-state index in [1.54, 1.807) is 6.07 Å². The number of hydrogen-bond acceptors (Lipinski definition) is 4. The fraction of sp³-hybridized carbons (Fsp3) is 0.455. The topological polar surface area (TPSA) is 61.6 Å². The molecule has 0 atom stereocenters. The van der Waals surface area contributed by atoms with Crippen molar-refractivity contribution in [2.24, 2.45) is 0 Å². The van der Waals surface area contributed by atoms with Crippen molar-refractivity contribution in [3.8, 4) is 5.75 Å². The van der Waals surface area contributed by atoms with E-state index in [1.807, 2.05) is 0 Å². The quantitative estimate of drug-likeness (QED) is 0.324. The molecule has 5 nitrogen and oxygen atoms in total. The van der Waals surface area contributed by atoms with Crippen molar-refractivity contribution >= 4 is 21.6 Å². The number of nitro benzene ring substituents is 1. The molecule has 0 radical (unpaired) electrons. The highest BCUT2D eigenvalue weighted by Gasteiger charge is 2.27. The van der Waals surface area contributed by atoms with Crippen LogP contribution in [0.2, 0.25) is 0 Å². The Kier molecular flexibility index (Phi) is 6.21. The number of benzene rings is 1. The molecule has 0 bridgehead atoms. The third-order valence-corrected chi connectivity index (χ3v) is 2.77. The fourth-order valence-corrected chi connectivity index (χ4v) is 1.66. The summed E-state index contributed by atoms with van der Waals surface area (Å²) in [5.41, 5.74) is 0.507. The molecule has 0 aliphatic carbocycles. The van der Waals surface area contributed by atoms with Crippen molar-refractivity contribution in [2.45, 2.75) is 11.5 Å². The standard InChI is InChI=1S/C11H11BrF3NO4/c12-6-8-1-2-9(16(17)18)10(5-8)20-4-3-19-7-11(13,14)15/h1-2,5H,3-4,6-7H2. The molecule has 0 fully saturated rings. The van der Waals surface area contributed by atoms with E-state index in [0.29, 0.717) is 5.33 Å². The Morgan fingerprint density at radius 3 is 2.55 bits per heavy atom. The molecular formula is C11H11BrF3NO4. The molecule has 0 aromatic heterocycles. The van der Waals surface area contributed by atoms with Gasteiger partial charge in [-0.15, -0.1) is 0 Å². The van der Waals surface area contributed by atoms with Gasteiger partial charge in [0.15, 0.2) is 5.75 Å². The lowest BCUT2D eigenvalue weighted by Gasteiger charge is -2.10. The summed E-state index contributed by atoms with van der Waals surface area (Å²) in [7, 11) is 0. The first-order valence-corrected chi connectivity index (χ1v) is 6.56. The SMILES string of the molecule is O=[N+]([O-])c1ccc(CBr)cc1OCCOCC(F)(F)F. The van der Waals surface area contributed by atoms with Crippen LogP contribution in [0.3, 0.4) is 0 Å². The lowest BCUT2D eigenvalue weighted by atomic mass is 10.2. The molecule has 0 N–H and O–H groups in total. The Balaban J connectivity index is 2.55. The number of halogens is 4. The lowest BCUT2D eigenvalue weighted by molar-refractivity contribution is -0.385. The highest BCUT2D eigenvalue weighted by atomic mass is 79.9. The van der Waals surface area contributed by atoms with Crippen molar-refractivity contribution in [1.29, 1.82) is 0 Å². The number of nitro groups is 1. The van der Waals surface area contributed by atoms with E-state index in [4.69, 9.17) is 4.74 Å².